The molecule has 1 fully saturated rings. The first-order valence-electron chi connectivity index (χ1n) is 6.66. The van der Waals surface area contributed by atoms with Gasteiger partial charge in [0.1, 0.15) is 11.8 Å². The predicted octanol–water partition coefficient (Wildman–Crippen LogP) is 0.267. The maximum atomic E-state index is 11.7. The van der Waals surface area contributed by atoms with E-state index in [1.165, 1.54) is 0 Å². The third kappa shape index (κ3) is 5.38. The van der Waals surface area contributed by atoms with Crippen LogP contribution in [0, 0.1) is 5.92 Å². The normalized spacial score (nSPS) is 18.4. The SMILES string of the molecule is CC(C)C(NC(=O)CCN1CCC(=O)CC1)C(=O)O. The van der Waals surface area contributed by atoms with Crippen molar-refractivity contribution in [2.24, 2.45) is 5.92 Å². The molecule has 1 aliphatic heterocycles. The Balaban J connectivity index is 2.31. The molecule has 1 atom stereocenters. The van der Waals surface area contributed by atoms with Crippen molar-refractivity contribution in [1.29, 1.82) is 0 Å². The Labute approximate surface area is 113 Å². The lowest BCUT2D eigenvalue weighted by Crippen LogP contribution is -2.45. The Kier molecular flexibility index (Phi) is 5.95. The van der Waals surface area contributed by atoms with Crippen molar-refractivity contribution in [1.82, 2.24) is 10.2 Å². The fraction of sp³-hybridized carbons (Fsp3) is 0.769. The molecule has 6 heteroatoms. The van der Waals surface area contributed by atoms with E-state index in [-0.39, 0.29) is 24.0 Å². The van der Waals surface area contributed by atoms with Crippen LogP contribution in [0.3, 0.4) is 0 Å². The van der Waals surface area contributed by atoms with Crippen molar-refractivity contribution >= 4 is 17.7 Å². The number of nitrogens with zero attached hydrogens (tertiary/aromatic N) is 1. The Morgan fingerprint density at radius 2 is 1.89 bits per heavy atom. The predicted molar refractivity (Wildman–Crippen MR) is 69.7 cm³/mol. The highest BCUT2D eigenvalue weighted by Crippen LogP contribution is 2.06. The summed E-state index contributed by atoms with van der Waals surface area (Å²) < 4.78 is 0. The minimum atomic E-state index is -1.01. The van der Waals surface area contributed by atoms with Crippen LogP contribution in [-0.4, -0.2) is 53.3 Å². The number of hydrogen-bond donors (Lipinski definition) is 2. The van der Waals surface area contributed by atoms with Crippen molar-refractivity contribution in [2.45, 2.75) is 39.2 Å². The molecule has 1 aliphatic rings. The highest BCUT2D eigenvalue weighted by atomic mass is 16.4. The number of hydrogen-bond acceptors (Lipinski definition) is 4. The summed E-state index contributed by atoms with van der Waals surface area (Å²) in [6, 6.07) is -0.838. The van der Waals surface area contributed by atoms with Gasteiger partial charge in [-0.25, -0.2) is 4.79 Å². The van der Waals surface area contributed by atoms with Gasteiger partial charge in [-0.2, -0.15) is 0 Å². The van der Waals surface area contributed by atoms with Gasteiger partial charge in [0.15, 0.2) is 0 Å². The van der Waals surface area contributed by atoms with Crippen LogP contribution in [0.4, 0.5) is 0 Å². The zero-order valence-electron chi connectivity index (χ0n) is 11.5. The van der Waals surface area contributed by atoms with Crippen molar-refractivity contribution in [3.8, 4) is 0 Å². The van der Waals surface area contributed by atoms with Gasteiger partial charge in [0, 0.05) is 38.9 Å². The van der Waals surface area contributed by atoms with Gasteiger partial charge < -0.3 is 15.3 Å². The molecule has 0 bridgehead atoms. The van der Waals surface area contributed by atoms with E-state index in [1.807, 2.05) is 0 Å². The lowest BCUT2D eigenvalue weighted by Gasteiger charge is -2.25. The van der Waals surface area contributed by atoms with E-state index >= 15 is 0 Å². The Morgan fingerprint density at radius 3 is 2.37 bits per heavy atom. The van der Waals surface area contributed by atoms with Gasteiger partial charge in [0.25, 0.3) is 0 Å². The number of nitrogens with one attached hydrogen (secondary N) is 1. The lowest BCUT2D eigenvalue weighted by atomic mass is 10.0. The summed E-state index contributed by atoms with van der Waals surface area (Å²) in [5, 5.41) is 11.5. The Bertz CT molecular complexity index is 345. The molecular weight excluding hydrogens is 248 g/mol. The van der Waals surface area contributed by atoms with Crippen LogP contribution in [0.1, 0.15) is 33.1 Å². The number of piperidine rings is 1. The fourth-order valence-corrected chi connectivity index (χ4v) is 2.04. The van der Waals surface area contributed by atoms with E-state index < -0.39 is 12.0 Å². The summed E-state index contributed by atoms with van der Waals surface area (Å²) in [6.45, 7) is 5.48. The average Bonchev–Trinajstić information content (AvgIpc) is 2.34. The molecule has 0 aromatic carbocycles. The van der Waals surface area contributed by atoms with Gasteiger partial charge >= 0.3 is 5.97 Å². The van der Waals surface area contributed by atoms with Gasteiger partial charge in [-0.05, 0) is 5.92 Å². The molecule has 1 heterocycles. The molecule has 0 aliphatic carbocycles. The molecule has 1 saturated heterocycles. The highest BCUT2D eigenvalue weighted by Gasteiger charge is 2.23. The summed E-state index contributed by atoms with van der Waals surface area (Å²) in [5.74, 6) is -1.13. The minimum absolute atomic E-state index is 0.144. The summed E-state index contributed by atoms with van der Waals surface area (Å²) in [5.41, 5.74) is 0. The smallest absolute Gasteiger partial charge is 0.326 e. The monoisotopic (exact) mass is 270 g/mol. The molecular formula is C13H22N2O4. The van der Waals surface area contributed by atoms with Crippen LogP contribution in [0.2, 0.25) is 0 Å². The van der Waals surface area contributed by atoms with E-state index in [4.69, 9.17) is 5.11 Å². The Morgan fingerprint density at radius 1 is 1.32 bits per heavy atom. The summed E-state index contributed by atoms with van der Waals surface area (Å²) in [4.78, 5) is 35.8. The van der Waals surface area contributed by atoms with E-state index in [9.17, 15) is 14.4 Å². The zero-order valence-corrected chi connectivity index (χ0v) is 11.5. The number of carbonyl (C=O) groups is 3. The molecule has 108 valence electrons. The van der Waals surface area contributed by atoms with E-state index in [0.29, 0.717) is 32.5 Å². The van der Waals surface area contributed by atoms with Gasteiger partial charge in [0.2, 0.25) is 5.91 Å². The van der Waals surface area contributed by atoms with E-state index in [0.717, 1.165) is 0 Å². The first-order chi connectivity index (χ1) is 8.90. The molecule has 1 unspecified atom stereocenters. The molecule has 0 aromatic heterocycles. The lowest BCUT2D eigenvalue weighted by molar-refractivity contribution is -0.143. The van der Waals surface area contributed by atoms with Crippen molar-refractivity contribution in [3.05, 3.63) is 0 Å². The highest BCUT2D eigenvalue weighted by molar-refractivity contribution is 5.83. The van der Waals surface area contributed by atoms with E-state index in [1.54, 1.807) is 13.8 Å². The molecule has 0 saturated carbocycles. The molecule has 0 spiro atoms. The second kappa shape index (κ2) is 7.23. The first kappa shape index (κ1) is 15.6. The number of rotatable bonds is 6. The Hall–Kier alpha value is -1.43. The topological polar surface area (TPSA) is 86.7 Å². The van der Waals surface area contributed by atoms with Crippen LogP contribution < -0.4 is 5.32 Å². The number of carboxylic acids is 1. The molecule has 19 heavy (non-hydrogen) atoms. The van der Waals surface area contributed by atoms with Crippen molar-refractivity contribution < 1.29 is 19.5 Å². The third-order valence-electron chi connectivity index (χ3n) is 3.32. The van der Waals surface area contributed by atoms with E-state index in [2.05, 4.69) is 10.2 Å². The number of ketones is 1. The van der Waals surface area contributed by atoms with Crippen LogP contribution in [-0.2, 0) is 14.4 Å². The van der Waals surface area contributed by atoms with Crippen molar-refractivity contribution in [2.75, 3.05) is 19.6 Å². The maximum absolute atomic E-state index is 11.7. The van der Waals surface area contributed by atoms with Gasteiger partial charge in [-0.15, -0.1) is 0 Å². The minimum Gasteiger partial charge on any atom is -0.480 e. The fourth-order valence-electron chi connectivity index (χ4n) is 2.04. The number of amides is 1. The average molecular weight is 270 g/mol. The summed E-state index contributed by atoms with van der Waals surface area (Å²) in [6.07, 6.45) is 1.36. The molecule has 6 nitrogen and oxygen atoms in total. The standard InChI is InChI=1S/C13H22N2O4/c1-9(2)12(13(18)19)14-11(17)5-8-15-6-3-10(16)4-7-15/h9,12H,3-8H2,1-2H3,(H,14,17)(H,18,19). The van der Waals surface area contributed by atoms with Crippen LogP contribution >= 0.6 is 0 Å². The van der Waals surface area contributed by atoms with Crippen LogP contribution in [0.5, 0.6) is 0 Å². The second-order valence-electron chi connectivity index (χ2n) is 5.26. The number of Topliss-reactive ketones (excluding diaryl/α,β-unsaturated/α-hetero) is 1. The maximum Gasteiger partial charge on any atom is 0.326 e. The van der Waals surface area contributed by atoms with Gasteiger partial charge in [-0.1, -0.05) is 13.8 Å². The third-order valence-corrected chi connectivity index (χ3v) is 3.32. The first-order valence-corrected chi connectivity index (χ1v) is 6.66. The largest absolute Gasteiger partial charge is 0.480 e. The van der Waals surface area contributed by atoms with Crippen LogP contribution in [0.25, 0.3) is 0 Å². The van der Waals surface area contributed by atoms with Crippen LogP contribution in [0.15, 0.2) is 0 Å². The van der Waals surface area contributed by atoms with Gasteiger partial charge in [-0.3, -0.25) is 9.59 Å². The zero-order chi connectivity index (χ0) is 14.4. The molecule has 1 amide bonds. The second-order valence-corrected chi connectivity index (χ2v) is 5.26. The number of aliphatic carboxylic acids is 1. The van der Waals surface area contributed by atoms with Crippen molar-refractivity contribution in [3.63, 3.8) is 0 Å². The summed E-state index contributed by atoms with van der Waals surface area (Å²) >= 11 is 0. The molecule has 1 rings (SSSR count). The number of carboxylic acid groups (broad SMARTS) is 1. The summed E-state index contributed by atoms with van der Waals surface area (Å²) in [7, 11) is 0. The number of carbonyl (C=O) groups excluding carboxylic acids is 2. The molecule has 0 radical (unpaired) electrons. The molecule has 0 aromatic rings. The molecule has 2 N–H and O–H groups in total. The quantitative estimate of drug-likeness (QED) is 0.723. The number of likely N-dealkylation sites (tertiary alicyclic amines) is 1. The van der Waals surface area contributed by atoms with Gasteiger partial charge in [0.05, 0.1) is 0 Å².